The molecule has 90 valence electrons. The maximum absolute atomic E-state index is 10.8. The van der Waals surface area contributed by atoms with Crippen molar-refractivity contribution in [3.05, 3.63) is 17.8 Å². The predicted molar refractivity (Wildman–Crippen MR) is 58.9 cm³/mol. The molecular formula is C11H18N2O3. The third-order valence-corrected chi connectivity index (χ3v) is 2.25. The summed E-state index contributed by atoms with van der Waals surface area (Å²) in [7, 11) is 1.40. The highest BCUT2D eigenvalue weighted by atomic mass is 16.5. The summed E-state index contributed by atoms with van der Waals surface area (Å²) >= 11 is 0. The molecule has 0 radical (unpaired) electrons. The summed E-state index contributed by atoms with van der Waals surface area (Å²) in [6.07, 6.45) is 2.87. The van der Waals surface area contributed by atoms with Gasteiger partial charge < -0.3 is 14.5 Å². The van der Waals surface area contributed by atoms with Gasteiger partial charge >= 0.3 is 5.97 Å². The Labute approximate surface area is 95.2 Å². The van der Waals surface area contributed by atoms with Crippen molar-refractivity contribution in [1.82, 2.24) is 10.3 Å². The van der Waals surface area contributed by atoms with Crippen LogP contribution in [0.2, 0.25) is 0 Å². The lowest BCUT2D eigenvalue weighted by molar-refractivity contribution is -0.140. The minimum atomic E-state index is -0.179. The number of nitrogens with zero attached hydrogens (tertiary/aromatic N) is 1. The molecule has 0 aliphatic heterocycles. The zero-order valence-corrected chi connectivity index (χ0v) is 9.95. The summed E-state index contributed by atoms with van der Waals surface area (Å²) in [5.74, 6) is 1.30. The first-order valence-electron chi connectivity index (χ1n) is 5.36. The fourth-order valence-corrected chi connectivity index (χ4v) is 1.31. The van der Waals surface area contributed by atoms with Crippen LogP contribution in [0.3, 0.4) is 0 Å². The van der Waals surface area contributed by atoms with Gasteiger partial charge in [-0.05, 0) is 26.8 Å². The van der Waals surface area contributed by atoms with Gasteiger partial charge in [0.25, 0.3) is 0 Å². The van der Waals surface area contributed by atoms with Crippen LogP contribution in [0.15, 0.2) is 10.6 Å². The van der Waals surface area contributed by atoms with E-state index in [-0.39, 0.29) is 12.0 Å². The number of nitrogens with one attached hydrogen (secondary N) is 1. The zero-order chi connectivity index (χ0) is 12.0. The van der Waals surface area contributed by atoms with E-state index in [1.807, 2.05) is 13.8 Å². The molecule has 1 aromatic rings. The van der Waals surface area contributed by atoms with Crippen molar-refractivity contribution in [3.63, 3.8) is 0 Å². The summed E-state index contributed by atoms with van der Waals surface area (Å²) in [6.45, 7) is 4.57. The number of esters is 1. The van der Waals surface area contributed by atoms with Crippen LogP contribution >= 0.6 is 0 Å². The minimum absolute atomic E-state index is 0.0614. The van der Waals surface area contributed by atoms with E-state index in [0.717, 1.165) is 18.7 Å². The van der Waals surface area contributed by atoms with Crippen molar-refractivity contribution in [1.29, 1.82) is 0 Å². The molecule has 1 aromatic heterocycles. The standard InChI is InChI=1S/C11H18N2O3/c1-8-7-13-11(16-8)9(2)12-6-4-5-10(14)15-3/h7,9,12H,4-6H2,1-3H3. The molecule has 0 bridgehead atoms. The van der Waals surface area contributed by atoms with E-state index in [1.54, 1.807) is 6.20 Å². The Morgan fingerprint density at radius 2 is 2.44 bits per heavy atom. The van der Waals surface area contributed by atoms with Crippen LogP contribution in [0.5, 0.6) is 0 Å². The molecule has 0 saturated carbocycles. The van der Waals surface area contributed by atoms with Crippen LogP contribution in [-0.4, -0.2) is 24.6 Å². The van der Waals surface area contributed by atoms with Crippen LogP contribution in [0.25, 0.3) is 0 Å². The Morgan fingerprint density at radius 1 is 1.69 bits per heavy atom. The number of rotatable bonds is 6. The third kappa shape index (κ3) is 4.02. The lowest BCUT2D eigenvalue weighted by Gasteiger charge is -2.09. The quantitative estimate of drug-likeness (QED) is 0.589. The molecule has 5 heteroatoms. The first-order valence-corrected chi connectivity index (χ1v) is 5.36. The highest BCUT2D eigenvalue weighted by Gasteiger charge is 2.10. The number of oxazole rings is 1. The van der Waals surface area contributed by atoms with Gasteiger partial charge in [0, 0.05) is 6.42 Å². The fraction of sp³-hybridized carbons (Fsp3) is 0.636. The molecule has 1 heterocycles. The summed E-state index contributed by atoms with van der Waals surface area (Å²) in [6, 6.07) is 0.0614. The highest BCUT2D eigenvalue weighted by Crippen LogP contribution is 2.11. The summed E-state index contributed by atoms with van der Waals surface area (Å²) in [4.78, 5) is 15.0. The number of aryl methyl sites for hydroxylation is 1. The molecule has 5 nitrogen and oxygen atoms in total. The molecule has 1 atom stereocenters. The molecule has 0 aliphatic rings. The van der Waals surface area contributed by atoms with E-state index >= 15 is 0 Å². The van der Waals surface area contributed by atoms with Gasteiger partial charge in [-0.3, -0.25) is 4.79 Å². The predicted octanol–water partition coefficient (Wildman–Crippen LogP) is 1.59. The maximum Gasteiger partial charge on any atom is 0.305 e. The number of hydrogen-bond donors (Lipinski definition) is 1. The minimum Gasteiger partial charge on any atom is -0.469 e. The van der Waals surface area contributed by atoms with E-state index in [2.05, 4.69) is 15.0 Å². The van der Waals surface area contributed by atoms with E-state index < -0.39 is 0 Å². The number of carbonyl (C=O) groups excluding carboxylic acids is 1. The topological polar surface area (TPSA) is 64.4 Å². The maximum atomic E-state index is 10.8. The fourth-order valence-electron chi connectivity index (χ4n) is 1.31. The monoisotopic (exact) mass is 226 g/mol. The number of aromatic nitrogens is 1. The molecule has 0 fully saturated rings. The van der Waals surface area contributed by atoms with Crippen LogP contribution in [-0.2, 0) is 9.53 Å². The van der Waals surface area contributed by atoms with Gasteiger partial charge in [-0.1, -0.05) is 0 Å². The number of methoxy groups -OCH3 is 1. The summed E-state index contributed by atoms with van der Waals surface area (Å²) in [5.41, 5.74) is 0. The molecule has 1 unspecified atom stereocenters. The average molecular weight is 226 g/mol. The van der Waals surface area contributed by atoms with Crippen molar-refractivity contribution in [3.8, 4) is 0 Å². The van der Waals surface area contributed by atoms with E-state index in [1.165, 1.54) is 7.11 Å². The van der Waals surface area contributed by atoms with Gasteiger partial charge in [0.15, 0.2) is 0 Å². The molecule has 1 rings (SSSR count). The van der Waals surface area contributed by atoms with E-state index in [0.29, 0.717) is 12.3 Å². The van der Waals surface area contributed by atoms with Gasteiger partial charge in [0.05, 0.1) is 19.3 Å². The van der Waals surface area contributed by atoms with Crippen molar-refractivity contribution in [2.75, 3.05) is 13.7 Å². The van der Waals surface area contributed by atoms with Crippen LogP contribution in [0.1, 0.15) is 37.5 Å². The summed E-state index contributed by atoms with van der Waals surface area (Å²) in [5, 5.41) is 3.23. The van der Waals surface area contributed by atoms with Gasteiger partial charge in [-0.2, -0.15) is 0 Å². The van der Waals surface area contributed by atoms with Gasteiger partial charge in [0.2, 0.25) is 5.89 Å². The Balaban J connectivity index is 2.20. The van der Waals surface area contributed by atoms with Crippen LogP contribution < -0.4 is 5.32 Å². The second kappa shape index (κ2) is 6.27. The highest BCUT2D eigenvalue weighted by molar-refractivity contribution is 5.69. The average Bonchev–Trinajstić information content (AvgIpc) is 2.70. The summed E-state index contributed by atoms with van der Waals surface area (Å²) < 4.78 is 9.93. The van der Waals surface area contributed by atoms with Crippen molar-refractivity contribution in [2.45, 2.75) is 32.7 Å². The van der Waals surface area contributed by atoms with Crippen molar-refractivity contribution >= 4 is 5.97 Å². The SMILES string of the molecule is COC(=O)CCCNC(C)c1ncc(C)o1. The van der Waals surface area contributed by atoms with Gasteiger partial charge in [0.1, 0.15) is 5.76 Å². The van der Waals surface area contributed by atoms with Gasteiger partial charge in [-0.25, -0.2) is 4.98 Å². The molecule has 0 amide bonds. The molecule has 1 N–H and O–H groups in total. The van der Waals surface area contributed by atoms with Gasteiger partial charge in [-0.15, -0.1) is 0 Å². The molecule has 0 spiro atoms. The normalized spacial score (nSPS) is 12.4. The Morgan fingerprint density at radius 3 is 3.00 bits per heavy atom. The number of ether oxygens (including phenoxy) is 1. The third-order valence-electron chi connectivity index (χ3n) is 2.25. The second-order valence-corrected chi connectivity index (χ2v) is 3.66. The Hall–Kier alpha value is -1.36. The number of hydrogen-bond acceptors (Lipinski definition) is 5. The first-order chi connectivity index (χ1) is 7.63. The number of carbonyl (C=O) groups is 1. The van der Waals surface area contributed by atoms with Crippen molar-refractivity contribution < 1.29 is 13.9 Å². The van der Waals surface area contributed by atoms with Crippen LogP contribution in [0.4, 0.5) is 0 Å². The van der Waals surface area contributed by atoms with Crippen molar-refractivity contribution in [2.24, 2.45) is 0 Å². The molecule has 0 aliphatic carbocycles. The molecule has 0 saturated heterocycles. The largest absolute Gasteiger partial charge is 0.469 e. The Bertz CT molecular complexity index is 336. The van der Waals surface area contributed by atoms with E-state index in [4.69, 9.17) is 4.42 Å². The molecular weight excluding hydrogens is 208 g/mol. The zero-order valence-electron chi connectivity index (χ0n) is 9.95. The first kappa shape index (κ1) is 12.7. The smallest absolute Gasteiger partial charge is 0.305 e. The lowest BCUT2D eigenvalue weighted by atomic mass is 10.3. The second-order valence-electron chi connectivity index (χ2n) is 3.66. The molecule has 0 aromatic carbocycles. The Kier molecular flexibility index (Phi) is 4.98. The lowest BCUT2D eigenvalue weighted by Crippen LogP contribution is -2.20. The molecule has 16 heavy (non-hydrogen) atoms. The van der Waals surface area contributed by atoms with E-state index in [9.17, 15) is 4.79 Å². The van der Waals surface area contributed by atoms with Crippen LogP contribution in [0, 0.1) is 6.92 Å².